The molecule has 12 heteroatoms. The number of aromatic amines is 1. The first kappa shape index (κ1) is 33.2. The Balaban J connectivity index is 0.000000159. The predicted molar refractivity (Wildman–Crippen MR) is 179 cm³/mol. The van der Waals surface area contributed by atoms with Gasteiger partial charge in [-0.25, -0.2) is 9.78 Å². The molecule has 0 spiro atoms. The lowest BCUT2D eigenvalue weighted by Gasteiger charge is -2.09. The number of halogens is 2. The second-order valence-corrected chi connectivity index (χ2v) is 12.5. The molecule has 0 bridgehead atoms. The van der Waals surface area contributed by atoms with Crippen LogP contribution in [-0.4, -0.2) is 60.2 Å². The molecule has 0 amide bonds. The standard InChI is InChI=1S/C10H8BrNO.C9H5BrO2S.C7H11N3.C4H9NO/c1-6(13)9-4-7-2-3-8(11)5-10(7)12-9;10-6-2-1-5-3-8(9(11)12)13-7(5)4-6;1-10(2)7-4-3-6(8)5-9-7;5-4-1-2-6-3-4/h2-5,12H,1H3;1-4H,(H,11,12);3-5H,8H2,1-2H3;4H,1-3,5H2. The van der Waals surface area contributed by atoms with E-state index in [9.17, 15) is 9.59 Å². The van der Waals surface area contributed by atoms with Crippen LogP contribution in [0.5, 0.6) is 0 Å². The van der Waals surface area contributed by atoms with Gasteiger partial charge >= 0.3 is 5.97 Å². The number of carboxylic acid groups (broad SMARTS) is 1. The Morgan fingerprint density at radius 1 is 1.05 bits per heavy atom. The van der Waals surface area contributed by atoms with E-state index >= 15 is 0 Å². The molecule has 1 unspecified atom stereocenters. The van der Waals surface area contributed by atoms with Crippen LogP contribution in [0.2, 0.25) is 0 Å². The lowest BCUT2D eigenvalue weighted by molar-refractivity contribution is 0.0702. The Hall–Kier alpha value is -3.29. The van der Waals surface area contributed by atoms with Crippen LogP contribution in [0.25, 0.3) is 21.0 Å². The molecule has 9 nitrogen and oxygen atoms in total. The van der Waals surface area contributed by atoms with Gasteiger partial charge in [0.15, 0.2) is 5.78 Å². The highest BCUT2D eigenvalue weighted by atomic mass is 79.9. The number of nitrogens with two attached hydrogens (primary N) is 2. The Labute approximate surface area is 265 Å². The molecule has 1 fully saturated rings. The molecule has 1 aliphatic rings. The summed E-state index contributed by atoms with van der Waals surface area (Å²) in [5, 5.41) is 10.8. The Bertz CT molecular complexity index is 1540. The van der Waals surface area contributed by atoms with Crippen molar-refractivity contribution in [2.24, 2.45) is 5.73 Å². The fourth-order valence-corrected chi connectivity index (χ4v) is 5.43. The van der Waals surface area contributed by atoms with Crippen molar-refractivity contribution in [2.45, 2.75) is 19.4 Å². The molecule has 6 N–H and O–H groups in total. The number of nitrogens with one attached hydrogen (secondary N) is 1. The van der Waals surface area contributed by atoms with Gasteiger partial charge in [0.2, 0.25) is 0 Å². The van der Waals surface area contributed by atoms with E-state index < -0.39 is 5.97 Å². The molecule has 0 radical (unpaired) electrons. The first-order valence-corrected chi connectivity index (χ1v) is 15.3. The summed E-state index contributed by atoms with van der Waals surface area (Å²) < 4.78 is 7.91. The normalized spacial score (nSPS) is 13.7. The zero-order valence-corrected chi connectivity index (χ0v) is 27.4. The third kappa shape index (κ3) is 10.2. The highest BCUT2D eigenvalue weighted by Gasteiger charge is 2.09. The summed E-state index contributed by atoms with van der Waals surface area (Å²) in [4.78, 5) is 31.2. The number of pyridine rings is 1. The van der Waals surface area contributed by atoms with Gasteiger partial charge in [0.25, 0.3) is 0 Å². The number of nitrogen functional groups attached to an aromatic ring is 1. The number of thiophene rings is 1. The van der Waals surface area contributed by atoms with Crippen molar-refractivity contribution in [3.8, 4) is 0 Å². The summed E-state index contributed by atoms with van der Waals surface area (Å²) >= 11 is 8.00. The number of H-pyrrole nitrogens is 1. The highest BCUT2D eigenvalue weighted by Crippen LogP contribution is 2.28. The number of carboxylic acids is 1. The fourth-order valence-electron chi connectivity index (χ4n) is 3.61. The molecule has 3 aromatic heterocycles. The van der Waals surface area contributed by atoms with Gasteiger partial charge in [0.05, 0.1) is 24.2 Å². The molecular weight excluding hydrogens is 686 g/mol. The number of Topliss-reactive ketones (excluding diaryl/α,β-unsaturated/α-hetero) is 1. The average molecular weight is 720 g/mol. The minimum Gasteiger partial charge on any atom is -0.477 e. The number of ether oxygens (including phenoxy) is 1. The van der Waals surface area contributed by atoms with Crippen LogP contribution in [0, 0.1) is 0 Å². The van der Waals surface area contributed by atoms with Crippen LogP contribution in [0.3, 0.4) is 0 Å². The van der Waals surface area contributed by atoms with Crippen molar-refractivity contribution in [3.63, 3.8) is 0 Å². The van der Waals surface area contributed by atoms with E-state index in [2.05, 4.69) is 41.8 Å². The number of fused-ring (bicyclic) bond motifs is 2. The lowest BCUT2D eigenvalue weighted by atomic mass is 10.2. The first-order chi connectivity index (χ1) is 19.9. The topological polar surface area (TPSA) is 148 Å². The maximum atomic E-state index is 11.1. The number of carbonyl (C=O) groups is 2. The third-order valence-electron chi connectivity index (χ3n) is 5.85. The number of hydrogen-bond donors (Lipinski definition) is 4. The number of aromatic nitrogens is 2. The van der Waals surface area contributed by atoms with Gasteiger partial charge in [-0.15, -0.1) is 11.3 Å². The van der Waals surface area contributed by atoms with Crippen LogP contribution in [0.1, 0.15) is 33.5 Å². The van der Waals surface area contributed by atoms with Crippen molar-refractivity contribution in [1.82, 2.24) is 9.97 Å². The van der Waals surface area contributed by atoms with Crippen molar-refractivity contribution in [3.05, 3.63) is 86.4 Å². The largest absolute Gasteiger partial charge is 0.477 e. The number of aromatic carboxylic acids is 1. The lowest BCUT2D eigenvalue weighted by Crippen LogP contribution is -2.18. The number of rotatable bonds is 3. The summed E-state index contributed by atoms with van der Waals surface area (Å²) in [6.07, 6.45) is 2.69. The molecular formula is C30H33Br2N5O4S. The molecule has 0 aliphatic carbocycles. The Kier molecular flexibility index (Phi) is 12.5. The SMILES string of the molecule is CC(=O)c1cc2ccc(Br)cc2[nH]1.CN(C)c1ccc(N)cn1.NC1CCOC1.O=C(O)c1cc2ccc(Br)cc2s1. The summed E-state index contributed by atoms with van der Waals surface area (Å²) in [5.74, 6) is 0.124. The van der Waals surface area contributed by atoms with E-state index in [1.807, 2.05) is 73.6 Å². The quantitative estimate of drug-likeness (QED) is 0.147. The van der Waals surface area contributed by atoms with E-state index in [-0.39, 0.29) is 5.78 Å². The smallest absolute Gasteiger partial charge is 0.345 e. The molecule has 1 atom stereocenters. The van der Waals surface area contributed by atoms with Gasteiger partial charge < -0.3 is 31.2 Å². The molecule has 1 saturated heterocycles. The van der Waals surface area contributed by atoms with Crippen LogP contribution in [0.4, 0.5) is 11.5 Å². The fraction of sp³-hybridized carbons (Fsp3) is 0.233. The van der Waals surface area contributed by atoms with Crippen LogP contribution < -0.4 is 16.4 Å². The first-order valence-electron chi connectivity index (χ1n) is 12.9. The predicted octanol–water partition coefficient (Wildman–Crippen LogP) is 6.96. The van der Waals surface area contributed by atoms with Crippen LogP contribution in [-0.2, 0) is 4.74 Å². The average Bonchev–Trinajstić information content (AvgIpc) is 3.69. The molecule has 2 aromatic carbocycles. The molecule has 42 heavy (non-hydrogen) atoms. The van der Waals surface area contributed by atoms with E-state index in [0.29, 0.717) is 22.3 Å². The maximum Gasteiger partial charge on any atom is 0.345 e. The molecule has 1 aliphatic heterocycles. The van der Waals surface area contributed by atoms with E-state index in [4.69, 9.17) is 21.3 Å². The van der Waals surface area contributed by atoms with Crippen LogP contribution in [0.15, 0.2) is 75.8 Å². The van der Waals surface area contributed by atoms with Crippen molar-refractivity contribution in [2.75, 3.05) is 37.9 Å². The van der Waals surface area contributed by atoms with Crippen molar-refractivity contribution >= 4 is 87.4 Å². The number of benzene rings is 2. The number of carbonyl (C=O) groups excluding carboxylic acids is 1. The highest BCUT2D eigenvalue weighted by molar-refractivity contribution is 9.10. The molecule has 4 heterocycles. The van der Waals surface area contributed by atoms with Gasteiger partial charge in [-0.05, 0) is 60.3 Å². The molecule has 222 valence electrons. The number of hydrogen-bond acceptors (Lipinski definition) is 8. The third-order valence-corrected chi connectivity index (χ3v) is 7.92. The molecule has 0 saturated carbocycles. The minimum absolute atomic E-state index is 0.0623. The van der Waals surface area contributed by atoms with Gasteiger partial charge in [-0.2, -0.15) is 0 Å². The van der Waals surface area contributed by atoms with Crippen molar-refractivity contribution < 1.29 is 19.4 Å². The zero-order valence-electron chi connectivity index (χ0n) is 23.4. The van der Waals surface area contributed by atoms with E-state index in [1.54, 1.807) is 19.2 Å². The minimum atomic E-state index is -0.864. The van der Waals surface area contributed by atoms with E-state index in [0.717, 1.165) is 55.4 Å². The summed E-state index contributed by atoms with van der Waals surface area (Å²) in [5.41, 5.74) is 13.2. The van der Waals surface area contributed by atoms with Gasteiger partial charge in [-0.1, -0.05) is 44.0 Å². The number of anilines is 2. The number of ketones is 1. The van der Waals surface area contributed by atoms with Gasteiger partial charge in [0, 0.05) is 58.2 Å². The van der Waals surface area contributed by atoms with Gasteiger partial charge in [0.1, 0.15) is 10.7 Å². The summed E-state index contributed by atoms with van der Waals surface area (Å²) in [6, 6.07) is 19.2. The van der Waals surface area contributed by atoms with Gasteiger partial charge in [-0.3, -0.25) is 4.79 Å². The number of nitrogens with zero attached hydrogens (tertiary/aromatic N) is 2. The molecule has 5 aromatic rings. The summed E-state index contributed by atoms with van der Waals surface area (Å²) in [6.45, 7) is 3.18. The zero-order chi connectivity index (χ0) is 30.8. The second-order valence-electron chi connectivity index (χ2n) is 9.54. The Morgan fingerprint density at radius 2 is 1.74 bits per heavy atom. The molecule has 6 rings (SSSR count). The monoisotopic (exact) mass is 717 g/mol. The maximum absolute atomic E-state index is 11.1. The summed E-state index contributed by atoms with van der Waals surface area (Å²) in [7, 11) is 3.89. The van der Waals surface area contributed by atoms with Crippen molar-refractivity contribution in [1.29, 1.82) is 0 Å². The van der Waals surface area contributed by atoms with E-state index in [1.165, 1.54) is 11.3 Å². The Morgan fingerprint density at radius 3 is 2.26 bits per heavy atom. The second kappa shape index (κ2) is 15.8. The van der Waals surface area contributed by atoms with Crippen LogP contribution >= 0.6 is 43.2 Å².